The normalized spacial score (nSPS) is 15.5. The van der Waals surface area contributed by atoms with Gasteiger partial charge in [0.05, 0.1) is 59.3 Å². The number of imidazole rings is 2. The zero-order valence-corrected chi connectivity index (χ0v) is 34.4. The van der Waals surface area contributed by atoms with Gasteiger partial charge in [-0.25, -0.2) is 9.78 Å². The van der Waals surface area contributed by atoms with Crippen molar-refractivity contribution in [2.75, 3.05) is 45.7 Å². The maximum absolute atomic E-state index is 13.0. The summed E-state index contributed by atoms with van der Waals surface area (Å²) in [5, 5.41) is 17.1. The molecule has 60 heavy (non-hydrogen) atoms. The van der Waals surface area contributed by atoms with Gasteiger partial charge in [-0.15, -0.1) is 0 Å². The predicted octanol–water partition coefficient (Wildman–Crippen LogP) is 4.89. The molecule has 1 saturated heterocycles. The van der Waals surface area contributed by atoms with Gasteiger partial charge in [0, 0.05) is 57.8 Å². The molecular weight excluding hydrogens is 765 g/mol. The number of fused-ring (bicyclic) bond motifs is 3. The van der Waals surface area contributed by atoms with E-state index in [2.05, 4.69) is 47.7 Å². The molecule has 5 heterocycles. The Bertz CT molecular complexity index is 2560. The minimum absolute atomic E-state index is 0.165. The molecule has 1 atom stereocenters. The molecule has 0 bridgehead atoms. The number of nitrogens with one attached hydrogen (secondary N) is 3. The first-order valence-electron chi connectivity index (χ1n) is 20.6. The molecule has 2 fully saturated rings. The first kappa shape index (κ1) is 41.8. The molecule has 4 aromatic heterocycles. The van der Waals surface area contributed by atoms with Crippen molar-refractivity contribution in [1.29, 1.82) is 0 Å². The second-order valence-corrected chi connectivity index (χ2v) is 15.3. The maximum atomic E-state index is 13.0. The van der Waals surface area contributed by atoms with Crippen LogP contribution in [0, 0.1) is 17.8 Å². The average Bonchev–Trinajstić information content (AvgIpc) is 3.99. The van der Waals surface area contributed by atoms with Crippen molar-refractivity contribution in [3.63, 3.8) is 0 Å². The lowest BCUT2D eigenvalue weighted by atomic mass is 9.88. The van der Waals surface area contributed by atoms with Gasteiger partial charge in [0.25, 0.3) is 5.91 Å². The number of para-hydroxylation sites is 1. The van der Waals surface area contributed by atoms with Gasteiger partial charge in [-0.05, 0) is 68.4 Å². The van der Waals surface area contributed by atoms with Crippen LogP contribution in [0.5, 0.6) is 5.75 Å². The number of amides is 2. The third-order valence-electron chi connectivity index (χ3n) is 11.5. The third-order valence-corrected chi connectivity index (χ3v) is 11.5. The van der Waals surface area contributed by atoms with Crippen molar-refractivity contribution < 1.29 is 23.9 Å². The second kappa shape index (κ2) is 19.6. The number of carbonyl (C=O) groups excluding carboxylic acids is 3. The third kappa shape index (κ3) is 9.59. The first-order valence-corrected chi connectivity index (χ1v) is 20.6. The van der Waals surface area contributed by atoms with Crippen LogP contribution >= 0.6 is 0 Å². The number of hydrogen-bond acceptors (Lipinski definition) is 10. The number of aldehydes is 1. The Morgan fingerprint density at radius 1 is 1.07 bits per heavy atom. The molecule has 16 heteroatoms. The van der Waals surface area contributed by atoms with Gasteiger partial charge >= 0.3 is 5.69 Å². The van der Waals surface area contributed by atoms with Crippen molar-refractivity contribution in [3.05, 3.63) is 82.7 Å². The van der Waals surface area contributed by atoms with Gasteiger partial charge in [-0.1, -0.05) is 37.2 Å². The number of ether oxygens (including phenoxy) is 2. The topological polar surface area (TPSA) is 183 Å². The lowest BCUT2D eigenvalue weighted by Gasteiger charge is -2.35. The van der Waals surface area contributed by atoms with Crippen LogP contribution in [-0.4, -0.2) is 103 Å². The summed E-state index contributed by atoms with van der Waals surface area (Å²) in [5.41, 5.74) is 3.61. The van der Waals surface area contributed by atoms with Crippen molar-refractivity contribution in [3.8, 4) is 17.6 Å². The van der Waals surface area contributed by atoms with Crippen molar-refractivity contribution in [2.45, 2.75) is 69.9 Å². The monoisotopic (exact) mass is 816 g/mol. The summed E-state index contributed by atoms with van der Waals surface area (Å²) in [4.78, 5) is 55.9. The van der Waals surface area contributed by atoms with E-state index in [0.717, 1.165) is 54.6 Å². The summed E-state index contributed by atoms with van der Waals surface area (Å²) < 4.78 is 15.9. The number of hydrogen-bond donors (Lipinski definition) is 3. The molecule has 314 valence electrons. The largest absolute Gasteiger partial charge is 0.496 e. The number of nitrogens with zero attached hydrogens (tertiary/aromatic N) is 7. The van der Waals surface area contributed by atoms with E-state index in [9.17, 15) is 19.2 Å². The van der Waals surface area contributed by atoms with E-state index >= 15 is 0 Å². The number of aryl methyl sites for hydroxylation is 1. The van der Waals surface area contributed by atoms with E-state index in [1.165, 1.54) is 54.9 Å². The predicted molar refractivity (Wildman–Crippen MR) is 228 cm³/mol. The highest BCUT2D eigenvalue weighted by molar-refractivity contribution is 6.08. The fraction of sp³-hybridized carbons (Fsp3) is 0.432. The summed E-state index contributed by atoms with van der Waals surface area (Å²) in [6.45, 7) is 3.79. The fourth-order valence-electron chi connectivity index (χ4n) is 8.22. The standard InChI is InChI=1S/C29H40N4O4.C15H12N6O2/c1-30-27(35)14-13-24(21-34)33-26-12-6-10-23(28(26)31(2)29(33)36)11-7-19-37-25-15-17-32(18-16-25)20-22-8-4-3-5-9-22;1-23-12-6-11-9(7-17-20-11)5-10(12)15(22)19-14-8-16-13-3-2-4-18-21(13)14/h6,10,12,21-22,24-25H,3-5,8-9,13-20H2,1-2H3,(H,30,35);2-8H,1H3,(H,17,20)(H,19,22). The number of methoxy groups -OCH3 is 1. The van der Waals surface area contributed by atoms with Crippen molar-refractivity contribution in [2.24, 2.45) is 13.0 Å². The molecule has 0 spiro atoms. The Morgan fingerprint density at radius 3 is 2.65 bits per heavy atom. The Balaban J connectivity index is 0.000000201. The van der Waals surface area contributed by atoms with Crippen LogP contribution in [0.4, 0.5) is 5.82 Å². The Kier molecular flexibility index (Phi) is 13.7. The molecule has 2 aromatic carbocycles. The smallest absolute Gasteiger partial charge is 0.329 e. The van der Waals surface area contributed by atoms with E-state index in [1.54, 1.807) is 61.5 Å². The fourth-order valence-corrected chi connectivity index (χ4v) is 8.22. The molecule has 2 aliphatic rings. The summed E-state index contributed by atoms with van der Waals surface area (Å²) in [7, 11) is 4.76. The lowest BCUT2D eigenvalue weighted by Crippen LogP contribution is -2.40. The zero-order chi connectivity index (χ0) is 42.0. The van der Waals surface area contributed by atoms with Crippen LogP contribution in [0.2, 0.25) is 0 Å². The molecular formula is C44H52N10O6. The van der Waals surface area contributed by atoms with Crippen molar-refractivity contribution >= 4 is 51.5 Å². The zero-order valence-electron chi connectivity index (χ0n) is 34.4. The molecule has 1 unspecified atom stereocenters. The van der Waals surface area contributed by atoms with Gasteiger partial charge in [0.1, 0.15) is 18.6 Å². The number of anilines is 1. The second-order valence-electron chi connectivity index (χ2n) is 15.3. The highest BCUT2D eigenvalue weighted by Gasteiger charge is 2.24. The maximum Gasteiger partial charge on any atom is 0.329 e. The van der Waals surface area contributed by atoms with Crippen LogP contribution < -0.4 is 21.1 Å². The number of aromatic nitrogens is 7. The summed E-state index contributed by atoms with van der Waals surface area (Å²) >= 11 is 0. The molecule has 1 aliphatic carbocycles. The average molecular weight is 817 g/mol. The number of aromatic amines is 1. The van der Waals surface area contributed by atoms with E-state index in [4.69, 9.17) is 9.47 Å². The Labute approximate surface area is 347 Å². The Hall–Kier alpha value is -6.31. The molecule has 1 aliphatic heterocycles. The minimum Gasteiger partial charge on any atom is -0.496 e. The number of rotatable bonds is 12. The van der Waals surface area contributed by atoms with E-state index in [-0.39, 0.29) is 36.4 Å². The Morgan fingerprint density at radius 2 is 1.88 bits per heavy atom. The highest BCUT2D eigenvalue weighted by Crippen LogP contribution is 2.27. The van der Waals surface area contributed by atoms with Gasteiger partial charge < -0.3 is 29.8 Å². The molecule has 0 radical (unpaired) electrons. The van der Waals surface area contributed by atoms with Gasteiger partial charge in [-0.3, -0.25) is 23.8 Å². The van der Waals surface area contributed by atoms with Crippen molar-refractivity contribution in [1.82, 2.24) is 44.1 Å². The van der Waals surface area contributed by atoms with E-state index in [0.29, 0.717) is 40.4 Å². The molecule has 1 saturated carbocycles. The lowest BCUT2D eigenvalue weighted by molar-refractivity contribution is -0.121. The van der Waals surface area contributed by atoms with E-state index < -0.39 is 6.04 Å². The summed E-state index contributed by atoms with van der Waals surface area (Å²) in [5.74, 6) is 7.66. The SMILES string of the molecule is CNC(=O)CCC(C=O)n1c(=O)n(C)c2c(C#CCOC3CCN(CC4CCCCC4)CC3)cccc21.COc1cc2[nH]ncc2cc1C(=O)Nc1cnc2cccnn12. The van der Waals surface area contributed by atoms with Crippen LogP contribution in [0.1, 0.15) is 79.8 Å². The summed E-state index contributed by atoms with van der Waals surface area (Å²) in [6.07, 6.45) is 15.3. The molecule has 2 amide bonds. The van der Waals surface area contributed by atoms with Gasteiger partial charge in [0.2, 0.25) is 5.91 Å². The van der Waals surface area contributed by atoms with E-state index in [1.807, 2.05) is 18.2 Å². The number of H-pyrrole nitrogens is 1. The molecule has 3 N–H and O–H groups in total. The number of benzene rings is 2. The van der Waals surface area contributed by atoms with Crippen LogP contribution in [0.15, 0.2) is 65.8 Å². The number of piperidine rings is 1. The first-order chi connectivity index (χ1) is 29.3. The quantitative estimate of drug-likeness (QED) is 0.114. The van der Waals surface area contributed by atoms with Gasteiger partial charge in [-0.2, -0.15) is 14.7 Å². The van der Waals surface area contributed by atoms with Gasteiger partial charge in [0.15, 0.2) is 11.5 Å². The number of likely N-dealkylation sites (tertiary alicyclic amines) is 1. The summed E-state index contributed by atoms with van der Waals surface area (Å²) in [6, 6.07) is 11.9. The molecule has 8 rings (SSSR count). The van der Waals surface area contributed by atoms with Crippen LogP contribution in [0.25, 0.3) is 27.6 Å². The van der Waals surface area contributed by atoms with Crippen LogP contribution in [-0.2, 0) is 21.4 Å². The number of carbonyl (C=O) groups is 3. The highest BCUT2D eigenvalue weighted by atomic mass is 16.5. The molecule has 6 aromatic rings. The minimum atomic E-state index is -0.718. The van der Waals surface area contributed by atoms with Crippen LogP contribution in [0.3, 0.4) is 0 Å². The molecule has 16 nitrogen and oxygen atoms in total.